The number of fused-ring (bicyclic) bond motifs is 2. The molecule has 10 heteroatoms. The number of nitrogens with two attached hydrogens (primary N) is 1. The zero-order valence-electron chi connectivity index (χ0n) is 26.3. The maximum absolute atomic E-state index is 13.2. The summed E-state index contributed by atoms with van der Waals surface area (Å²) in [4.78, 5) is 25.1. The van der Waals surface area contributed by atoms with Gasteiger partial charge in [-0.25, -0.2) is 4.98 Å². The van der Waals surface area contributed by atoms with Crippen LogP contribution in [-0.2, 0) is 4.79 Å². The summed E-state index contributed by atoms with van der Waals surface area (Å²) < 4.78 is 90.0. The maximum atomic E-state index is 13.2. The van der Waals surface area contributed by atoms with E-state index in [9.17, 15) is 4.79 Å². The molecule has 33 heavy (non-hydrogen) atoms. The Morgan fingerprint density at radius 1 is 1.15 bits per heavy atom. The first-order valence-electron chi connectivity index (χ1n) is 14.5. The number of amides is 1. The van der Waals surface area contributed by atoms with Crippen molar-refractivity contribution < 1.29 is 36.2 Å². The topological polar surface area (TPSA) is 112 Å². The second-order valence-electron chi connectivity index (χ2n) is 7.41. The van der Waals surface area contributed by atoms with E-state index in [4.69, 9.17) is 31.4 Å². The fraction of sp³-hybridized carbons (Fsp3) is 0.348. The van der Waals surface area contributed by atoms with E-state index < -0.39 is 37.6 Å². The van der Waals surface area contributed by atoms with Crippen LogP contribution in [-0.4, -0.2) is 73.7 Å². The summed E-state index contributed by atoms with van der Waals surface area (Å²) in [6.07, 6.45) is -1.96. The standard InChI is InChI=1S/C23H25N5O5/c1-30-18-11-14-15(12-19(18)31-2)25-23(26-21(14)24)28-9-7-27(8-10-28)22(29)20-13-32-16-5-3-4-6-17(16)33-20/h3-6,11-12,20H,7-10,13H2,1-2H3,(H2,24,25,26)/i1D3,2D3,20D/hD2. The predicted molar refractivity (Wildman–Crippen MR) is 122 cm³/mol. The molecular weight excluding hydrogens is 426 g/mol. The first kappa shape index (κ1) is 12.9. The molecule has 0 radical (unpaired) electrons. The van der Waals surface area contributed by atoms with Crippen LogP contribution in [0.4, 0.5) is 11.8 Å². The molecule has 2 aromatic carbocycles. The highest BCUT2D eigenvalue weighted by Gasteiger charge is 2.33. The van der Waals surface area contributed by atoms with Gasteiger partial charge in [0.15, 0.2) is 25.8 Å². The third kappa shape index (κ3) is 3.88. The predicted octanol–water partition coefficient (Wildman–Crippen LogP) is 1.72. The Hall–Kier alpha value is -3.95. The van der Waals surface area contributed by atoms with Gasteiger partial charge in [0.25, 0.3) is 5.91 Å². The smallest absolute Gasteiger partial charge is 0.267 e. The van der Waals surface area contributed by atoms with Crippen molar-refractivity contribution in [3.63, 3.8) is 0 Å². The zero-order valence-corrected chi connectivity index (χ0v) is 17.3. The van der Waals surface area contributed by atoms with Gasteiger partial charge < -0.3 is 34.5 Å². The summed E-state index contributed by atoms with van der Waals surface area (Å²) in [5, 5.41) is 0.0422. The van der Waals surface area contributed by atoms with Crippen molar-refractivity contribution in [2.45, 2.75) is 6.08 Å². The number of rotatable bonds is 5. The lowest BCUT2D eigenvalue weighted by Gasteiger charge is -2.37. The summed E-state index contributed by atoms with van der Waals surface area (Å²) >= 11 is 0. The number of hydrogen-bond acceptors (Lipinski definition) is 9. The van der Waals surface area contributed by atoms with Gasteiger partial charge in [-0.3, -0.25) is 4.79 Å². The molecule has 1 atom stereocenters. The van der Waals surface area contributed by atoms with E-state index in [1.807, 2.05) is 0 Å². The van der Waals surface area contributed by atoms with Crippen LogP contribution in [0.5, 0.6) is 23.0 Å². The molecule has 1 saturated heterocycles. The number of benzene rings is 2. The van der Waals surface area contributed by atoms with Crippen molar-refractivity contribution in [3.05, 3.63) is 36.4 Å². The molecule has 10 nitrogen and oxygen atoms in total. The first-order chi connectivity index (χ1) is 19.6. The highest BCUT2D eigenvalue weighted by molar-refractivity contribution is 5.91. The summed E-state index contributed by atoms with van der Waals surface area (Å²) in [6, 6.07) is 9.02. The van der Waals surface area contributed by atoms with Gasteiger partial charge in [-0.2, -0.15) is 4.98 Å². The van der Waals surface area contributed by atoms with Crippen LogP contribution in [0, 0.1) is 0 Å². The second-order valence-corrected chi connectivity index (χ2v) is 7.41. The van der Waals surface area contributed by atoms with Crippen molar-refractivity contribution in [1.29, 1.82) is 0 Å². The minimum absolute atomic E-state index is 0.0422. The SMILES string of the molecule is [2H]N([2H])c1nc(N2CCN(C(=O)C3([2H])COc4ccccc4O3)CC2)nc2cc(OC([2H])([2H])[2H])c(OC([2H])([2H])[2H])cc12. The lowest BCUT2D eigenvalue weighted by Crippen LogP contribution is -2.54. The van der Waals surface area contributed by atoms with Gasteiger partial charge in [0, 0.05) is 37.6 Å². The molecular formula is C23H25N5O5. The summed E-state index contributed by atoms with van der Waals surface area (Å²) in [7, 11) is -5.89. The molecule has 3 heterocycles. The lowest BCUT2D eigenvalue weighted by atomic mass is 10.2. The van der Waals surface area contributed by atoms with Crippen LogP contribution in [0.15, 0.2) is 36.4 Å². The second kappa shape index (κ2) is 8.53. The van der Waals surface area contributed by atoms with Crippen molar-refractivity contribution in [3.8, 4) is 23.0 Å². The molecule has 1 amide bonds. The van der Waals surface area contributed by atoms with Gasteiger partial charge in [0.2, 0.25) is 12.0 Å². The zero-order chi connectivity index (χ0) is 30.4. The fourth-order valence-corrected chi connectivity index (χ4v) is 3.76. The van der Waals surface area contributed by atoms with Gasteiger partial charge >= 0.3 is 0 Å². The normalized spacial score (nSPS) is 24.5. The number of hydrogen-bond donors (Lipinski definition) is 1. The number of para-hydroxylation sites is 2. The minimum Gasteiger partial charge on any atom is -0.493 e. The molecule has 2 N–H and O–H groups in total. The largest absolute Gasteiger partial charge is 0.493 e. The molecule has 0 saturated carbocycles. The number of anilines is 2. The van der Waals surface area contributed by atoms with Gasteiger partial charge in [0.1, 0.15) is 12.4 Å². The number of nitrogens with zero attached hydrogens (tertiary/aromatic N) is 4. The van der Waals surface area contributed by atoms with E-state index >= 15 is 0 Å². The lowest BCUT2D eigenvalue weighted by molar-refractivity contribution is -0.141. The van der Waals surface area contributed by atoms with E-state index in [0.717, 1.165) is 12.1 Å². The van der Waals surface area contributed by atoms with Gasteiger partial charge in [-0.15, -0.1) is 0 Å². The third-order valence-electron chi connectivity index (χ3n) is 5.48. The van der Waals surface area contributed by atoms with E-state index in [-0.39, 0.29) is 61.2 Å². The Balaban J connectivity index is 1.39. The van der Waals surface area contributed by atoms with Crippen LogP contribution < -0.4 is 29.6 Å². The van der Waals surface area contributed by atoms with Gasteiger partial charge in [-0.05, 0) is 18.2 Å². The Bertz CT molecular complexity index is 1500. The average Bonchev–Trinajstić information content (AvgIpc) is 2.90. The Kier molecular flexibility index (Phi) is 3.34. The van der Waals surface area contributed by atoms with Crippen molar-refractivity contribution in [2.75, 3.05) is 57.5 Å². The quantitative estimate of drug-likeness (QED) is 0.608. The number of aromatic nitrogens is 2. The molecule has 1 aromatic heterocycles. The van der Waals surface area contributed by atoms with Crippen LogP contribution in [0.3, 0.4) is 0 Å². The molecule has 0 bridgehead atoms. The fourth-order valence-electron chi connectivity index (χ4n) is 3.76. The maximum Gasteiger partial charge on any atom is 0.267 e. The molecule has 0 spiro atoms. The van der Waals surface area contributed by atoms with Crippen molar-refractivity contribution >= 4 is 28.6 Å². The number of piperazine rings is 1. The monoisotopic (exact) mass is 460 g/mol. The molecule has 3 aromatic rings. The van der Waals surface area contributed by atoms with E-state index in [0.29, 0.717) is 11.5 Å². The van der Waals surface area contributed by atoms with E-state index in [2.05, 4.69) is 9.97 Å². The number of ether oxygens (including phenoxy) is 4. The van der Waals surface area contributed by atoms with Crippen LogP contribution in [0.25, 0.3) is 10.9 Å². The Morgan fingerprint density at radius 3 is 2.67 bits per heavy atom. The first-order valence-corrected chi connectivity index (χ1v) is 10.1. The van der Waals surface area contributed by atoms with Crippen LogP contribution in [0.2, 0.25) is 2.82 Å². The molecule has 172 valence electrons. The number of nitrogen functional groups attached to an aromatic ring is 1. The Labute approximate surface area is 203 Å². The number of methoxy groups -OCH3 is 2. The highest BCUT2D eigenvalue weighted by atomic mass is 16.6. The Morgan fingerprint density at radius 2 is 1.91 bits per heavy atom. The van der Waals surface area contributed by atoms with Gasteiger partial charge in [0.05, 0.1) is 29.2 Å². The number of carbonyl (C=O) groups is 1. The summed E-state index contributed by atoms with van der Waals surface area (Å²) in [5.74, 6) is -0.870. The van der Waals surface area contributed by atoms with Crippen LogP contribution in [0.1, 0.15) is 9.60 Å². The van der Waals surface area contributed by atoms with E-state index in [1.165, 1.54) is 4.90 Å². The van der Waals surface area contributed by atoms with E-state index in [1.54, 1.807) is 29.2 Å². The molecule has 5 rings (SSSR count). The van der Waals surface area contributed by atoms with Crippen molar-refractivity contribution in [1.82, 2.24) is 14.9 Å². The number of carbonyl (C=O) groups excluding carboxylic acids is 1. The molecule has 0 aliphatic carbocycles. The molecule has 2 aliphatic heterocycles. The van der Waals surface area contributed by atoms with Crippen LogP contribution >= 0.6 is 0 Å². The average molecular weight is 461 g/mol. The van der Waals surface area contributed by atoms with Crippen molar-refractivity contribution in [2.24, 2.45) is 0 Å². The highest BCUT2D eigenvalue weighted by Crippen LogP contribution is 2.34. The molecule has 2 aliphatic rings. The molecule has 1 fully saturated rings. The molecule has 1 unspecified atom stereocenters. The van der Waals surface area contributed by atoms with Gasteiger partial charge in [-0.1, -0.05) is 12.1 Å². The summed E-state index contributed by atoms with van der Waals surface area (Å²) in [5.41, 5.74) is 0.269. The summed E-state index contributed by atoms with van der Waals surface area (Å²) in [6.45, 7) is 0.506. The minimum atomic E-state index is -2.95. The third-order valence-corrected chi connectivity index (χ3v) is 5.48.